The quantitative estimate of drug-likeness (QED) is 0.433. The molecule has 2 rings (SSSR count). The second-order valence-electron chi connectivity index (χ2n) is 4.30. The van der Waals surface area contributed by atoms with E-state index in [9.17, 15) is 4.79 Å². The molecule has 0 bridgehead atoms. The average Bonchev–Trinajstić information content (AvgIpc) is 2.48. The number of nitrogens with two attached hydrogens (primary N) is 1. The molecule has 0 aromatic heterocycles. The Kier molecular flexibility index (Phi) is 6.06. The maximum Gasteiger partial charge on any atom is 0.248 e. The highest BCUT2D eigenvalue weighted by atomic mass is 35.5. The summed E-state index contributed by atoms with van der Waals surface area (Å²) < 4.78 is 0. The Hall–Kier alpha value is -1.76. The van der Waals surface area contributed by atoms with Crippen LogP contribution in [0.3, 0.4) is 0 Å². The lowest BCUT2D eigenvalue weighted by Gasteiger charge is -2.11. The first-order valence-electron chi connectivity index (χ1n) is 6.35. The Labute approximate surface area is 143 Å². The zero-order valence-corrected chi connectivity index (χ0v) is 13.9. The van der Waals surface area contributed by atoms with Gasteiger partial charge in [-0.05, 0) is 54.7 Å². The molecule has 7 heteroatoms. The number of carbonyl (C=O) groups is 1. The number of anilines is 2. The summed E-state index contributed by atoms with van der Waals surface area (Å²) in [7, 11) is 0. The zero-order valence-electron chi connectivity index (χ0n) is 11.5. The van der Waals surface area contributed by atoms with E-state index < -0.39 is 5.91 Å². The first-order chi connectivity index (χ1) is 10.6. The molecule has 0 aliphatic carbocycles. The molecule has 22 heavy (non-hydrogen) atoms. The molecule has 0 aliphatic heterocycles. The molecule has 0 fully saturated rings. The number of thioether (sulfide) groups is 1. The molecule has 0 unspecified atom stereocenters. The van der Waals surface area contributed by atoms with Gasteiger partial charge in [0.1, 0.15) is 0 Å². The van der Waals surface area contributed by atoms with Gasteiger partial charge >= 0.3 is 0 Å². The number of hydrogen-bond acceptors (Lipinski definition) is 3. The summed E-state index contributed by atoms with van der Waals surface area (Å²) in [6.07, 6.45) is 0. The highest BCUT2D eigenvalue weighted by Gasteiger charge is 2.02. The largest absolute Gasteiger partial charge is 0.366 e. The highest BCUT2D eigenvalue weighted by Crippen LogP contribution is 2.22. The maximum atomic E-state index is 11.0. The van der Waals surface area contributed by atoms with Gasteiger partial charge in [0.25, 0.3) is 0 Å². The van der Waals surface area contributed by atoms with Crippen molar-refractivity contribution in [1.82, 2.24) is 0 Å². The Bertz CT molecular complexity index is 677. The Morgan fingerprint density at radius 3 is 2.45 bits per heavy atom. The summed E-state index contributed by atoms with van der Waals surface area (Å²) in [4.78, 5) is 12.1. The van der Waals surface area contributed by atoms with E-state index in [1.54, 1.807) is 36.0 Å². The lowest BCUT2D eigenvalue weighted by Crippen LogP contribution is -2.19. The lowest BCUT2D eigenvalue weighted by atomic mass is 10.2. The van der Waals surface area contributed by atoms with Crippen molar-refractivity contribution in [2.24, 2.45) is 5.73 Å². The van der Waals surface area contributed by atoms with Gasteiger partial charge in [-0.3, -0.25) is 4.79 Å². The molecule has 0 atom stereocenters. The van der Waals surface area contributed by atoms with Gasteiger partial charge in [0.05, 0.1) is 5.21 Å². The Balaban J connectivity index is 1.97. The number of hydrogen-bond donors (Lipinski definition) is 3. The van der Waals surface area contributed by atoms with E-state index >= 15 is 0 Å². The first-order valence-corrected chi connectivity index (χ1v) is 8.28. The number of amides is 1. The Morgan fingerprint density at radius 1 is 1.14 bits per heavy atom. The van der Waals surface area contributed by atoms with Gasteiger partial charge in [0.15, 0.2) is 5.11 Å². The molecule has 0 aliphatic rings. The molecule has 0 spiro atoms. The third-order valence-corrected chi connectivity index (χ3v) is 3.97. The highest BCUT2D eigenvalue weighted by molar-refractivity contribution is 8.00. The summed E-state index contributed by atoms with van der Waals surface area (Å²) in [6, 6.07) is 14.6. The van der Waals surface area contributed by atoms with Crippen LogP contribution < -0.4 is 16.4 Å². The number of primary amides is 1. The van der Waals surface area contributed by atoms with Crippen LogP contribution >= 0.6 is 35.6 Å². The minimum atomic E-state index is -0.458. The zero-order chi connectivity index (χ0) is 15.9. The number of carbonyl (C=O) groups excluding carboxylic acids is 1. The van der Waals surface area contributed by atoms with Gasteiger partial charge in [-0.25, -0.2) is 0 Å². The van der Waals surface area contributed by atoms with Gasteiger partial charge in [0, 0.05) is 21.8 Å². The molecular formula is C15H14ClN3OS2. The van der Waals surface area contributed by atoms with Crippen LogP contribution in [0.1, 0.15) is 10.4 Å². The minimum Gasteiger partial charge on any atom is -0.366 e. The monoisotopic (exact) mass is 351 g/mol. The normalized spacial score (nSPS) is 10.0. The minimum absolute atomic E-state index is 0.454. The van der Waals surface area contributed by atoms with E-state index in [1.165, 1.54) is 0 Å². The summed E-state index contributed by atoms with van der Waals surface area (Å²) in [5, 5.41) is 7.10. The van der Waals surface area contributed by atoms with E-state index in [2.05, 4.69) is 10.6 Å². The molecule has 0 radical (unpaired) electrons. The van der Waals surface area contributed by atoms with Gasteiger partial charge in [0.2, 0.25) is 5.91 Å². The molecule has 4 nitrogen and oxygen atoms in total. The van der Waals surface area contributed by atoms with Crippen LogP contribution in [-0.2, 0) is 0 Å². The van der Waals surface area contributed by atoms with Gasteiger partial charge in [-0.15, -0.1) is 23.4 Å². The molecule has 0 heterocycles. The third-order valence-electron chi connectivity index (χ3n) is 2.74. The van der Waals surface area contributed by atoms with Gasteiger partial charge < -0.3 is 16.4 Å². The lowest BCUT2D eigenvalue weighted by molar-refractivity contribution is 0.100. The fraction of sp³-hybridized carbons (Fsp3) is 0.0667. The van der Waals surface area contributed by atoms with E-state index in [4.69, 9.17) is 29.6 Å². The fourth-order valence-electron chi connectivity index (χ4n) is 1.74. The summed E-state index contributed by atoms with van der Waals surface area (Å²) in [5.41, 5.74) is 7.30. The van der Waals surface area contributed by atoms with Crippen LogP contribution in [0.4, 0.5) is 11.4 Å². The van der Waals surface area contributed by atoms with Crippen molar-refractivity contribution in [2.45, 2.75) is 4.90 Å². The molecule has 114 valence electrons. The van der Waals surface area contributed by atoms with Crippen molar-refractivity contribution in [3.63, 3.8) is 0 Å². The predicted octanol–water partition coefficient (Wildman–Crippen LogP) is 3.88. The van der Waals surface area contributed by atoms with Crippen LogP contribution in [-0.4, -0.2) is 16.2 Å². The molecule has 0 saturated heterocycles. The van der Waals surface area contributed by atoms with E-state index in [-0.39, 0.29) is 0 Å². The van der Waals surface area contributed by atoms with Crippen LogP contribution in [0.25, 0.3) is 0 Å². The SMILES string of the molecule is NC(=O)c1ccc(NC(=S)Nc2cccc(SCCl)c2)cc1. The first kappa shape index (κ1) is 16.6. The Morgan fingerprint density at radius 2 is 1.82 bits per heavy atom. The van der Waals surface area contributed by atoms with Gasteiger partial charge in [-0.1, -0.05) is 6.07 Å². The summed E-state index contributed by atoms with van der Waals surface area (Å²) >= 11 is 12.5. The van der Waals surface area contributed by atoms with Crippen LogP contribution in [0.5, 0.6) is 0 Å². The molecular weight excluding hydrogens is 338 g/mol. The number of rotatable bonds is 5. The number of thiocarbonyl (C=S) groups is 1. The van der Waals surface area contributed by atoms with E-state index in [0.29, 0.717) is 15.9 Å². The summed E-state index contributed by atoms with van der Waals surface area (Å²) in [5.74, 6) is -0.458. The number of halogens is 1. The molecule has 2 aromatic rings. The predicted molar refractivity (Wildman–Crippen MR) is 97.8 cm³/mol. The van der Waals surface area contributed by atoms with Crippen molar-refractivity contribution < 1.29 is 4.79 Å². The topological polar surface area (TPSA) is 67.2 Å². The molecule has 4 N–H and O–H groups in total. The van der Waals surface area contributed by atoms with Crippen molar-refractivity contribution in [2.75, 3.05) is 15.8 Å². The molecule has 1 amide bonds. The fourth-order valence-corrected chi connectivity index (χ4v) is 2.86. The average molecular weight is 352 g/mol. The number of alkyl halides is 1. The maximum absolute atomic E-state index is 11.0. The van der Waals surface area contributed by atoms with Crippen LogP contribution in [0.15, 0.2) is 53.4 Å². The summed E-state index contributed by atoms with van der Waals surface area (Å²) in [6.45, 7) is 0. The smallest absolute Gasteiger partial charge is 0.248 e. The van der Waals surface area contributed by atoms with Crippen LogP contribution in [0.2, 0.25) is 0 Å². The van der Waals surface area contributed by atoms with Crippen LogP contribution in [0, 0.1) is 0 Å². The van der Waals surface area contributed by atoms with Crippen molar-refractivity contribution in [3.05, 3.63) is 54.1 Å². The second kappa shape index (κ2) is 8.03. The van der Waals surface area contributed by atoms with Crippen molar-refractivity contribution in [1.29, 1.82) is 0 Å². The third kappa shape index (κ3) is 4.91. The standard InChI is InChI=1S/C15H14ClN3OS2/c16-9-22-13-3-1-2-12(8-13)19-15(21)18-11-6-4-10(5-7-11)14(17)20/h1-8H,9H2,(H2,17,20)(H2,18,19,21). The van der Waals surface area contributed by atoms with Crippen molar-refractivity contribution >= 4 is 58.0 Å². The number of nitrogens with one attached hydrogen (secondary N) is 2. The number of benzene rings is 2. The van der Waals surface area contributed by atoms with E-state index in [1.807, 2.05) is 24.3 Å². The second-order valence-corrected chi connectivity index (χ2v) is 6.34. The van der Waals surface area contributed by atoms with Crippen molar-refractivity contribution in [3.8, 4) is 0 Å². The molecule has 2 aromatic carbocycles. The molecule has 0 saturated carbocycles. The van der Waals surface area contributed by atoms with Gasteiger partial charge in [-0.2, -0.15) is 0 Å². The van der Waals surface area contributed by atoms with E-state index in [0.717, 1.165) is 16.3 Å².